The highest BCUT2D eigenvalue weighted by Gasteiger charge is 2.20. The Morgan fingerprint density at radius 3 is 3.04 bits per heavy atom. The Hall–Kier alpha value is -2.28. The molecular weight excluding hydrogens is 399 g/mol. The van der Waals surface area contributed by atoms with Crippen LogP contribution < -0.4 is 10.6 Å². The monoisotopic (exact) mass is 420 g/mol. The quantitative estimate of drug-likeness (QED) is 0.563. The number of anilines is 2. The fraction of sp³-hybridized carbons (Fsp3) is 0.300. The molecule has 0 bridgehead atoms. The molecule has 0 aliphatic carbocycles. The first kappa shape index (κ1) is 20.5. The minimum Gasteiger partial charge on any atom is -0.376 e. The lowest BCUT2D eigenvalue weighted by molar-refractivity contribution is 0.0859. The number of hydrogen-bond acceptors (Lipinski definition) is 4. The van der Waals surface area contributed by atoms with E-state index in [0.29, 0.717) is 22.9 Å². The zero-order chi connectivity index (χ0) is 18.8. The van der Waals surface area contributed by atoms with Crippen molar-refractivity contribution in [2.24, 2.45) is 0 Å². The summed E-state index contributed by atoms with van der Waals surface area (Å²) >= 11 is 6.06. The molecule has 6 nitrogen and oxygen atoms in total. The predicted molar refractivity (Wildman–Crippen MR) is 114 cm³/mol. The molecule has 0 saturated carbocycles. The van der Waals surface area contributed by atoms with Crippen LogP contribution in [-0.2, 0) is 4.74 Å². The summed E-state index contributed by atoms with van der Waals surface area (Å²) in [4.78, 5) is 20.4. The van der Waals surface area contributed by atoms with Gasteiger partial charge in [-0.3, -0.25) is 4.79 Å². The van der Waals surface area contributed by atoms with Gasteiger partial charge in [-0.15, -0.1) is 12.4 Å². The summed E-state index contributed by atoms with van der Waals surface area (Å²) in [5.41, 5.74) is 3.17. The standard InChI is InChI=1S/C20H21ClN4O2.ClH/c1-12-9-22-18-17(12)16(20(26)24-10-15-6-3-7-27-15)11-23-19(18)25-14-5-2-4-13(21)8-14;/h2,4-5,8-9,11,15,22H,3,6-7,10H2,1H3,(H,23,25)(H,24,26);1H/t15-;/m1./s1. The second kappa shape index (κ2) is 8.82. The van der Waals surface area contributed by atoms with E-state index in [0.717, 1.165) is 41.6 Å². The molecule has 1 aliphatic rings. The third-order valence-electron chi connectivity index (χ3n) is 4.75. The molecule has 28 heavy (non-hydrogen) atoms. The zero-order valence-electron chi connectivity index (χ0n) is 15.4. The van der Waals surface area contributed by atoms with Gasteiger partial charge in [-0.05, 0) is 43.5 Å². The van der Waals surface area contributed by atoms with Gasteiger partial charge >= 0.3 is 0 Å². The lowest BCUT2D eigenvalue weighted by Crippen LogP contribution is -2.32. The zero-order valence-corrected chi connectivity index (χ0v) is 17.0. The first-order chi connectivity index (χ1) is 13.1. The molecule has 1 aromatic carbocycles. The number of ether oxygens (including phenoxy) is 1. The second-order valence-electron chi connectivity index (χ2n) is 6.72. The lowest BCUT2D eigenvalue weighted by atomic mass is 10.1. The molecule has 1 aliphatic heterocycles. The van der Waals surface area contributed by atoms with Crippen molar-refractivity contribution in [1.29, 1.82) is 0 Å². The van der Waals surface area contributed by atoms with E-state index in [1.165, 1.54) is 0 Å². The smallest absolute Gasteiger partial charge is 0.253 e. The van der Waals surface area contributed by atoms with Gasteiger partial charge in [0.15, 0.2) is 5.82 Å². The summed E-state index contributed by atoms with van der Waals surface area (Å²) in [6.45, 7) is 3.26. The highest BCUT2D eigenvalue weighted by Crippen LogP contribution is 2.29. The minimum atomic E-state index is -0.139. The van der Waals surface area contributed by atoms with Crippen molar-refractivity contribution < 1.29 is 9.53 Å². The van der Waals surface area contributed by atoms with Crippen LogP contribution in [0.3, 0.4) is 0 Å². The maximum Gasteiger partial charge on any atom is 0.253 e. The van der Waals surface area contributed by atoms with Gasteiger partial charge in [0.1, 0.15) is 0 Å². The first-order valence-corrected chi connectivity index (χ1v) is 9.38. The Morgan fingerprint density at radius 1 is 1.43 bits per heavy atom. The molecular formula is C20H22Cl2N4O2. The number of pyridine rings is 1. The summed E-state index contributed by atoms with van der Waals surface area (Å²) in [7, 11) is 0. The number of benzene rings is 1. The molecule has 1 amide bonds. The van der Waals surface area contributed by atoms with E-state index in [1.807, 2.05) is 37.4 Å². The predicted octanol–water partition coefficient (Wildman–Crippen LogP) is 4.60. The minimum absolute atomic E-state index is 0. The molecule has 3 aromatic rings. The van der Waals surface area contributed by atoms with Crippen LogP contribution in [0.1, 0.15) is 28.8 Å². The Morgan fingerprint density at radius 2 is 2.29 bits per heavy atom. The maximum absolute atomic E-state index is 12.7. The largest absolute Gasteiger partial charge is 0.376 e. The van der Waals surface area contributed by atoms with Gasteiger partial charge in [0.05, 0.1) is 17.2 Å². The molecule has 8 heteroatoms. The third kappa shape index (κ3) is 4.24. The van der Waals surface area contributed by atoms with E-state index >= 15 is 0 Å². The number of nitrogens with one attached hydrogen (secondary N) is 3. The third-order valence-corrected chi connectivity index (χ3v) is 4.99. The van der Waals surface area contributed by atoms with Crippen LogP contribution in [-0.4, -0.2) is 35.1 Å². The van der Waals surface area contributed by atoms with Gasteiger partial charge in [0.2, 0.25) is 0 Å². The lowest BCUT2D eigenvalue weighted by Gasteiger charge is -2.13. The number of aryl methyl sites for hydroxylation is 1. The second-order valence-corrected chi connectivity index (χ2v) is 7.16. The van der Waals surface area contributed by atoms with E-state index in [2.05, 4.69) is 20.6 Å². The summed E-state index contributed by atoms with van der Waals surface area (Å²) in [6.07, 6.45) is 5.63. The van der Waals surface area contributed by atoms with Crippen LogP contribution >= 0.6 is 24.0 Å². The van der Waals surface area contributed by atoms with Gasteiger partial charge in [-0.1, -0.05) is 17.7 Å². The number of halogens is 2. The Labute approximate surface area is 174 Å². The molecule has 0 spiro atoms. The Balaban J connectivity index is 0.00000225. The number of aromatic amines is 1. The number of aromatic nitrogens is 2. The summed E-state index contributed by atoms with van der Waals surface area (Å²) in [5, 5.41) is 7.74. The summed E-state index contributed by atoms with van der Waals surface area (Å²) < 4.78 is 5.57. The molecule has 4 rings (SSSR count). The van der Waals surface area contributed by atoms with Gasteiger partial charge in [-0.2, -0.15) is 0 Å². The van der Waals surface area contributed by atoms with Crippen molar-refractivity contribution in [3.63, 3.8) is 0 Å². The number of carbonyl (C=O) groups excluding carboxylic acids is 1. The topological polar surface area (TPSA) is 79.0 Å². The van der Waals surface area contributed by atoms with E-state index in [1.54, 1.807) is 6.20 Å². The normalized spacial score (nSPS) is 16.0. The molecule has 1 saturated heterocycles. The van der Waals surface area contributed by atoms with Crippen molar-refractivity contribution >= 4 is 52.3 Å². The van der Waals surface area contributed by atoms with E-state index < -0.39 is 0 Å². The highest BCUT2D eigenvalue weighted by atomic mass is 35.5. The van der Waals surface area contributed by atoms with Gasteiger partial charge in [-0.25, -0.2) is 4.98 Å². The average molecular weight is 421 g/mol. The Kier molecular flexibility index (Phi) is 6.44. The fourth-order valence-electron chi connectivity index (χ4n) is 3.39. The number of H-pyrrole nitrogens is 1. The Bertz CT molecular complexity index is 983. The van der Waals surface area contributed by atoms with Crippen LogP contribution in [0.5, 0.6) is 0 Å². The molecule has 1 fully saturated rings. The molecule has 1 atom stereocenters. The van der Waals surface area contributed by atoms with Gasteiger partial charge < -0.3 is 20.4 Å². The number of fused-ring (bicyclic) bond motifs is 1. The van der Waals surface area contributed by atoms with Crippen molar-refractivity contribution in [2.75, 3.05) is 18.5 Å². The van der Waals surface area contributed by atoms with Crippen molar-refractivity contribution in [3.05, 3.63) is 52.8 Å². The van der Waals surface area contributed by atoms with Crippen LogP contribution in [0.25, 0.3) is 10.9 Å². The first-order valence-electron chi connectivity index (χ1n) is 9.01. The van der Waals surface area contributed by atoms with Crippen molar-refractivity contribution in [2.45, 2.75) is 25.9 Å². The van der Waals surface area contributed by atoms with Gasteiger partial charge in [0, 0.05) is 41.6 Å². The number of carbonyl (C=O) groups is 1. The average Bonchev–Trinajstić information content (AvgIpc) is 3.31. The van der Waals surface area contributed by atoms with Gasteiger partial charge in [0.25, 0.3) is 5.91 Å². The van der Waals surface area contributed by atoms with Crippen LogP contribution in [0.4, 0.5) is 11.5 Å². The SMILES string of the molecule is Cc1c[nH]c2c(Nc3cccc(Cl)c3)ncc(C(=O)NC[C@H]3CCCO3)c12.Cl. The maximum atomic E-state index is 12.7. The van der Waals surface area contributed by atoms with Crippen molar-refractivity contribution in [3.8, 4) is 0 Å². The number of nitrogens with zero attached hydrogens (tertiary/aromatic N) is 1. The van der Waals surface area contributed by atoms with E-state index in [9.17, 15) is 4.79 Å². The summed E-state index contributed by atoms with van der Waals surface area (Å²) in [6, 6.07) is 7.43. The van der Waals surface area contributed by atoms with Crippen LogP contribution in [0, 0.1) is 6.92 Å². The molecule has 148 valence electrons. The van der Waals surface area contributed by atoms with E-state index in [4.69, 9.17) is 16.3 Å². The van der Waals surface area contributed by atoms with Crippen LogP contribution in [0.2, 0.25) is 5.02 Å². The number of amides is 1. The molecule has 3 heterocycles. The highest BCUT2D eigenvalue weighted by molar-refractivity contribution is 6.30. The van der Waals surface area contributed by atoms with E-state index in [-0.39, 0.29) is 24.4 Å². The molecule has 0 unspecified atom stereocenters. The molecule has 2 aromatic heterocycles. The van der Waals surface area contributed by atoms with Crippen LogP contribution in [0.15, 0.2) is 36.7 Å². The number of hydrogen-bond donors (Lipinski definition) is 3. The fourth-order valence-corrected chi connectivity index (χ4v) is 3.58. The number of rotatable bonds is 5. The molecule has 3 N–H and O–H groups in total. The summed E-state index contributed by atoms with van der Waals surface area (Å²) in [5.74, 6) is 0.510. The molecule has 0 radical (unpaired) electrons. The van der Waals surface area contributed by atoms with Crippen molar-refractivity contribution in [1.82, 2.24) is 15.3 Å².